The van der Waals surface area contributed by atoms with E-state index < -0.39 is 151 Å². The molecule has 4 unspecified atom stereocenters. The fourth-order valence-electron chi connectivity index (χ4n) is 30.3. The molecule has 0 bridgehead atoms. The van der Waals surface area contributed by atoms with E-state index in [2.05, 4.69) is 20.8 Å². The topological polar surface area (TPSA) is 347 Å². The van der Waals surface area contributed by atoms with E-state index in [1.807, 2.05) is 13.8 Å². The van der Waals surface area contributed by atoms with E-state index in [9.17, 15) is 61.3 Å². The highest BCUT2D eigenvalue weighted by atomic mass is 19.3. The number of aldehydes is 1. The molecule has 31 heteroatoms. The number of hydrogen-bond donors (Lipinski definition) is 2. The van der Waals surface area contributed by atoms with Crippen LogP contribution in [0.1, 0.15) is 132 Å². The Bertz CT molecular complexity index is 4740. The fraction of sp³-hybridized carbons (Fsp3) is 0.812. The van der Waals surface area contributed by atoms with Crippen LogP contribution in [0.3, 0.4) is 0 Å². The first-order valence-electron chi connectivity index (χ1n) is 40.1. The van der Waals surface area contributed by atoms with Crippen LogP contribution < -0.4 is 0 Å². The number of esters is 4. The number of Topliss-reactive ketones (excluding diaryl/α,β-unsaturated/α-hetero) is 2. The van der Waals surface area contributed by atoms with Crippen molar-refractivity contribution in [3.63, 3.8) is 0 Å². The maximum atomic E-state index is 16.0. The van der Waals surface area contributed by atoms with Crippen molar-refractivity contribution in [2.24, 2.45) is 69.0 Å². The molecule has 28 rings (SSSR count). The molecular formula is C80H84F6O25. The molecule has 12 saturated heterocycles. The highest BCUT2D eigenvalue weighted by Gasteiger charge is 3.08. The molecule has 8 saturated carbocycles. The van der Waals surface area contributed by atoms with Crippen molar-refractivity contribution in [3.8, 4) is 0 Å². The number of halogens is 6. The predicted octanol–water partition coefficient (Wildman–Crippen LogP) is 4.75. The average Bonchev–Trinajstić information content (AvgIpc) is 1.41. The van der Waals surface area contributed by atoms with Gasteiger partial charge in [0.1, 0.15) is 116 Å². The van der Waals surface area contributed by atoms with Crippen LogP contribution in [0.15, 0.2) is 44.6 Å². The summed E-state index contributed by atoms with van der Waals surface area (Å²) in [7, 11) is 0. The Morgan fingerprint density at radius 3 is 1.30 bits per heavy atom. The van der Waals surface area contributed by atoms with Gasteiger partial charge in [-0.05, 0) is 123 Å². The normalized spacial score (nSPS) is 59.4. The molecule has 25 nitrogen and oxygen atoms in total. The van der Waals surface area contributed by atoms with Gasteiger partial charge >= 0.3 is 29.8 Å². The minimum absolute atomic E-state index is 0.0277. The summed E-state index contributed by atoms with van der Waals surface area (Å²) >= 11 is 0. The number of aliphatic hydroxyl groups excluding tert-OH is 2. The molecule has 28 aliphatic rings. The number of carbonyl (C=O) groups is 7. The molecule has 0 amide bonds. The number of carbonyl (C=O) groups excluding carboxylic acids is 7. The summed E-state index contributed by atoms with van der Waals surface area (Å²) in [4.78, 5) is 86.9. The van der Waals surface area contributed by atoms with Gasteiger partial charge in [0, 0.05) is 56.5 Å². The zero-order valence-corrected chi connectivity index (χ0v) is 61.9. The van der Waals surface area contributed by atoms with Crippen LogP contribution >= 0.6 is 0 Å². The Morgan fingerprint density at radius 2 is 0.829 bits per heavy atom. The summed E-state index contributed by atoms with van der Waals surface area (Å²) in [5.74, 6) is -8.35. The summed E-state index contributed by atoms with van der Waals surface area (Å²) in [6, 6.07) is 0. The van der Waals surface area contributed by atoms with E-state index in [0.29, 0.717) is 76.6 Å². The minimum atomic E-state index is -3.59. The second kappa shape index (κ2) is 19.3. The third kappa shape index (κ3) is 6.51. The molecule has 16 heterocycles. The van der Waals surface area contributed by atoms with Crippen molar-refractivity contribution in [2.75, 3.05) is 33.0 Å². The van der Waals surface area contributed by atoms with Crippen molar-refractivity contribution in [1.29, 1.82) is 0 Å². The zero-order chi connectivity index (χ0) is 76.9. The SMILES string of the molecule is CC(C(F)F)[C@]12O[C@H]1[C@@H]1O[C@@]13[C@@]1(C)CCC4=C(COC4=O)[C@@H]1C[C@@H]1O[C@@]13C2(F)F.CC(C(F)F)[C@]12O[C@H]1[C@@H]1O[C@@]13[C@@]1(C)CCC4=C(COC4=O)[C@@H]1C[C@@H]1O[C@@]13C2=O.CC(C=O)[C@]12O[C@H]1[C@@H]1O[C@@]13[C@@]1(C)CCC4=C(COC4=O)[C@@H]1C[C@@H]1O[C@@]13C2=O.CC(CO)[C@]12O[C@H]1[C@@H]1O[C@]13[C@]1(O[C@H]1C[C@H]1C4=C(CC[C@@]13C)C(=O)OC4)[C@@H]2O. The smallest absolute Gasteiger partial charge is 0.334 e. The second-order valence-corrected chi connectivity index (χ2v) is 38.9. The lowest BCUT2D eigenvalue weighted by Crippen LogP contribution is -2.72. The van der Waals surface area contributed by atoms with Crippen molar-refractivity contribution >= 4 is 41.7 Å². The lowest BCUT2D eigenvalue weighted by Gasteiger charge is -2.54. The fourth-order valence-corrected chi connectivity index (χ4v) is 30.3. The molecule has 37 atom stereocenters. The van der Waals surface area contributed by atoms with Gasteiger partial charge < -0.3 is 90.8 Å². The van der Waals surface area contributed by atoms with Gasteiger partial charge in [-0.3, -0.25) is 9.59 Å². The van der Waals surface area contributed by atoms with Gasteiger partial charge in [0.25, 0.3) is 0 Å². The monoisotopic (exact) mass is 1560 g/mol. The molecule has 0 radical (unpaired) electrons. The van der Waals surface area contributed by atoms with E-state index in [0.717, 1.165) is 71.5 Å². The van der Waals surface area contributed by atoms with E-state index in [1.54, 1.807) is 6.92 Å². The lowest BCUT2D eigenvalue weighted by atomic mass is 9.46. The molecule has 0 aromatic heterocycles. The molecule has 596 valence electrons. The lowest BCUT2D eigenvalue weighted by molar-refractivity contribution is -0.204. The van der Waals surface area contributed by atoms with Crippen LogP contribution in [0.4, 0.5) is 26.3 Å². The maximum Gasteiger partial charge on any atom is 0.334 e. The number of cyclic esters (lactones) is 4. The molecule has 2 N–H and O–H groups in total. The highest BCUT2D eigenvalue weighted by Crippen LogP contribution is 2.89. The minimum Gasteiger partial charge on any atom is -0.458 e. The molecule has 0 aromatic rings. The Kier molecular flexibility index (Phi) is 12.0. The maximum absolute atomic E-state index is 16.0. The summed E-state index contributed by atoms with van der Waals surface area (Å²) in [6.07, 6.45) is -3.37. The van der Waals surface area contributed by atoms with Gasteiger partial charge in [0.05, 0.1) is 42.2 Å². The quantitative estimate of drug-likeness (QED) is 0.109. The number of fused-ring (bicyclic) bond motifs is 16. The molecule has 20 fully saturated rings. The molecule has 12 aliphatic carbocycles. The number of aliphatic hydroxyl groups is 2. The van der Waals surface area contributed by atoms with Crippen LogP contribution in [0.25, 0.3) is 0 Å². The molecule has 8 spiro atoms. The number of rotatable bonds is 8. The van der Waals surface area contributed by atoms with Crippen molar-refractivity contribution in [2.45, 2.75) is 298 Å². The van der Waals surface area contributed by atoms with Gasteiger partial charge in [-0.2, -0.15) is 8.78 Å². The first-order valence-corrected chi connectivity index (χ1v) is 40.1. The van der Waals surface area contributed by atoms with Crippen molar-refractivity contribution < 1.29 is 146 Å². The molecular weight excluding hydrogens is 1470 g/mol. The predicted molar refractivity (Wildman–Crippen MR) is 348 cm³/mol. The number of alkyl halides is 6. The average molecular weight is 1560 g/mol. The number of ether oxygens (including phenoxy) is 16. The Hall–Kier alpha value is -5.13. The van der Waals surface area contributed by atoms with Crippen molar-refractivity contribution in [3.05, 3.63) is 44.6 Å². The van der Waals surface area contributed by atoms with E-state index in [-0.39, 0.29) is 138 Å². The van der Waals surface area contributed by atoms with Crippen molar-refractivity contribution in [1.82, 2.24) is 0 Å². The van der Waals surface area contributed by atoms with Gasteiger partial charge in [-0.25, -0.2) is 36.7 Å². The van der Waals surface area contributed by atoms with Crippen LogP contribution in [-0.2, 0) is 109 Å². The standard InChI is InChI=1S/C20H20F4O5.C20H20F2O6.C20H24O7.C20H20O7/c1-7(14(21)22)17-12(28-17)13-19(29-13)16(2)4-3-8-9(6-26-15(8)25)10(16)5-11-18(19,27-11)20(17,23)24;1-7(14(21)22)18-12(27-18)13-20(28-13)17(2)4-3-8-9(6-25-15(8)23)10(17)5-11-19(20,26-11)16(18)24;2*1-8(6-21)18-13(26-18)14-20(27-14)17(2)4-3-9-10(7-24-15(9)22)11(17)5-12-19(20,25-12)16(18)23/h7,10-14H,3-6H2,1-2H3;7,10-14H,3-6H2,1-2H3;8,11-14,16,21,23H,3-7H2,1-2H3;6,8,11-14H,3-5,7H2,1-2H3/t7?,10-,11-,12-,13-,16-,17-,18-,19+;7?,10-,11-,12-,13-,17-,18-,19+,20+;8?,11-,12-,13-,14-,16+,17-,18-,19+,20+;8?,11-,12-,13-,14-,17-,18-,19+,20+/m0000/s1. The molecule has 0 aromatic carbocycles. The summed E-state index contributed by atoms with van der Waals surface area (Å²) in [5, 5.41) is 21.2. The highest BCUT2D eigenvalue weighted by molar-refractivity contribution is 6.07. The van der Waals surface area contributed by atoms with Crippen LogP contribution in [0.5, 0.6) is 0 Å². The van der Waals surface area contributed by atoms with Gasteiger partial charge in [-0.1, -0.05) is 55.4 Å². The van der Waals surface area contributed by atoms with Crippen LogP contribution in [-0.4, -0.2) is 250 Å². The van der Waals surface area contributed by atoms with Crippen LogP contribution in [0, 0.1) is 69.0 Å². The number of hydrogen-bond acceptors (Lipinski definition) is 25. The van der Waals surface area contributed by atoms with Gasteiger partial charge in [0.2, 0.25) is 24.4 Å². The Balaban J connectivity index is 0.0000000842. The summed E-state index contributed by atoms with van der Waals surface area (Å²) in [5.41, 5.74) is -8.33. The summed E-state index contributed by atoms with van der Waals surface area (Å²) < 4.78 is 180. The zero-order valence-electron chi connectivity index (χ0n) is 61.9. The van der Waals surface area contributed by atoms with Crippen LogP contribution in [0.2, 0.25) is 0 Å². The van der Waals surface area contributed by atoms with E-state index in [4.69, 9.17) is 75.8 Å². The second-order valence-electron chi connectivity index (χ2n) is 38.9. The van der Waals surface area contributed by atoms with Gasteiger partial charge in [0.15, 0.2) is 39.2 Å². The molecule has 111 heavy (non-hydrogen) atoms. The Morgan fingerprint density at radius 1 is 0.432 bits per heavy atom. The third-order valence-corrected chi connectivity index (χ3v) is 36.4. The first-order chi connectivity index (χ1) is 52.6. The number of epoxide rings is 12. The largest absolute Gasteiger partial charge is 0.458 e. The summed E-state index contributed by atoms with van der Waals surface area (Å²) in [6.45, 7) is 15.7. The van der Waals surface area contributed by atoms with E-state index in [1.165, 1.54) is 6.92 Å². The van der Waals surface area contributed by atoms with Gasteiger partial charge in [-0.15, -0.1) is 0 Å². The Labute approximate surface area is 629 Å². The number of ketones is 2. The third-order valence-electron chi connectivity index (χ3n) is 36.4. The van der Waals surface area contributed by atoms with E-state index >= 15 is 8.78 Å². The molecule has 16 aliphatic heterocycles. The first kappa shape index (κ1) is 69.0.